The molecule has 0 fully saturated rings. The van der Waals surface area contributed by atoms with Gasteiger partial charge in [-0.25, -0.2) is 9.97 Å². The summed E-state index contributed by atoms with van der Waals surface area (Å²) in [6.45, 7) is 3.41. The Morgan fingerprint density at radius 3 is 2.43 bits per heavy atom. The van der Waals surface area contributed by atoms with Crippen molar-refractivity contribution in [1.82, 2.24) is 15.3 Å². The first-order valence-electron chi connectivity index (χ1n) is 8.30. The van der Waals surface area contributed by atoms with Gasteiger partial charge in [-0.15, -0.1) is 11.3 Å². The smallest absolute Gasteiger partial charge is 0.260 e. The lowest BCUT2D eigenvalue weighted by molar-refractivity contribution is -0.119. The number of carbonyl (C=O) groups excluding carboxylic acids is 2. The van der Waals surface area contributed by atoms with E-state index in [1.165, 1.54) is 30.4 Å². The molecule has 0 spiro atoms. The van der Waals surface area contributed by atoms with Crippen LogP contribution in [-0.4, -0.2) is 21.8 Å². The minimum atomic E-state index is -0.408. The molecule has 2 N–H and O–H groups in total. The summed E-state index contributed by atoms with van der Waals surface area (Å²) in [5.74, 6) is -0.484. The highest BCUT2D eigenvalue weighted by atomic mass is 35.5. The molecular formula is C19H16Cl2N4O2S. The van der Waals surface area contributed by atoms with E-state index in [1.54, 1.807) is 0 Å². The largest absolute Gasteiger partial charge is 0.350 e. The minimum Gasteiger partial charge on any atom is -0.350 e. The van der Waals surface area contributed by atoms with Gasteiger partial charge in [0.1, 0.15) is 10.3 Å². The molecule has 0 aliphatic carbocycles. The molecule has 0 saturated carbocycles. The van der Waals surface area contributed by atoms with Crippen LogP contribution in [0.25, 0.3) is 11.3 Å². The standard InChI is InChI=1S/C19H16Cl2N4O2S/c1-10(22-11(2)26)12-3-5-13(6-4-12)15-9-28-19(23-15)25-18(27)14-7-8-16(20)24-17(14)21/h3-10H,1-2H3,(H,22,26)(H,23,25,27). The zero-order chi connectivity index (χ0) is 20.3. The van der Waals surface area contributed by atoms with Crippen LogP contribution in [0.15, 0.2) is 41.8 Å². The van der Waals surface area contributed by atoms with Crippen molar-refractivity contribution < 1.29 is 9.59 Å². The van der Waals surface area contributed by atoms with Gasteiger partial charge in [-0.05, 0) is 24.6 Å². The number of hydrogen-bond acceptors (Lipinski definition) is 5. The average Bonchev–Trinajstić information content (AvgIpc) is 3.09. The molecule has 0 radical (unpaired) electrons. The van der Waals surface area contributed by atoms with Crippen molar-refractivity contribution in [2.24, 2.45) is 0 Å². The number of hydrogen-bond donors (Lipinski definition) is 2. The Balaban J connectivity index is 1.71. The summed E-state index contributed by atoms with van der Waals surface area (Å²) in [7, 11) is 0. The molecule has 2 heterocycles. The van der Waals surface area contributed by atoms with Gasteiger partial charge in [-0.3, -0.25) is 14.9 Å². The summed E-state index contributed by atoms with van der Waals surface area (Å²) < 4.78 is 0. The van der Waals surface area contributed by atoms with Crippen LogP contribution in [0.3, 0.4) is 0 Å². The van der Waals surface area contributed by atoms with E-state index in [9.17, 15) is 9.59 Å². The molecule has 1 aromatic carbocycles. The van der Waals surface area contributed by atoms with E-state index in [4.69, 9.17) is 23.2 Å². The molecule has 0 saturated heterocycles. The number of nitrogens with one attached hydrogen (secondary N) is 2. The van der Waals surface area contributed by atoms with Gasteiger partial charge in [0.15, 0.2) is 5.13 Å². The lowest BCUT2D eigenvalue weighted by atomic mass is 10.1. The van der Waals surface area contributed by atoms with Crippen molar-refractivity contribution in [2.45, 2.75) is 19.9 Å². The molecule has 1 unspecified atom stereocenters. The Kier molecular flexibility index (Phi) is 6.28. The summed E-state index contributed by atoms with van der Waals surface area (Å²) in [5.41, 5.74) is 2.85. The van der Waals surface area contributed by atoms with Gasteiger partial charge < -0.3 is 5.32 Å². The van der Waals surface area contributed by atoms with Crippen molar-refractivity contribution in [1.29, 1.82) is 0 Å². The number of nitrogens with zero attached hydrogens (tertiary/aromatic N) is 2. The van der Waals surface area contributed by atoms with Crippen molar-refractivity contribution >= 4 is 51.5 Å². The van der Waals surface area contributed by atoms with Crippen molar-refractivity contribution in [3.05, 3.63) is 63.2 Å². The van der Waals surface area contributed by atoms with Crippen LogP contribution in [-0.2, 0) is 4.79 Å². The van der Waals surface area contributed by atoms with Gasteiger partial charge in [0, 0.05) is 17.9 Å². The van der Waals surface area contributed by atoms with Gasteiger partial charge >= 0.3 is 0 Å². The number of carbonyl (C=O) groups is 2. The predicted octanol–water partition coefficient (Wildman–Crippen LogP) is 4.96. The number of amides is 2. The van der Waals surface area contributed by atoms with Crippen LogP contribution in [0.2, 0.25) is 10.3 Å². The normalized spacial score (nSPS) is 11.7. The molecule has 28 heavy (non-hydrogen) atoms. The second kappa shape index (κ2) is 8.68. The van der Waals surface area contributed by atoms with Gasteiger partial charge in [-0.1, -0.05) is 47.5 Å². The van der Waals surface area contributed by atoms with E-state index in [0.29, 0.717) is 5.13 Å². The van der Waals surface area contributed by atoms with Gasteiger partial charge in [0.05, 0.1) is 17.3 Å². The Morgan fingerprint density at radius 2 is 1.79 bits per heavy atom. The average molecular weight is 435 g/mol. The molecule has 0 aliphatic heterocycles. The first kappa shape index (κ1) is 20.3. The van der Waals surface area contributed by atoms with Crippen LogP contribution in [0.1, 0.15) is 35.8 Å². The highest BCUT2D eigenvalue weighted by molar-refractivity contribution is 7.14. The van der Waals surface area contributed by atoms with Crippen LogP contribution >= 0.6 is 34.5 Å². The fourth-order valence-corrected chi connectivity index (χ4v) is 3.69. The maximum atomic E-state index is 12.4. The number of thiazole rings is 1. The molecule has 1 atom stereocenters. The maximum absolute atomic E-state index is 12.4. The topological polar surface area (TPSA) is 84.0 Å². The lowest BCUT2D eigenvalue weighted by Gasteiger charge is -2.13. The number of rotatable bonds is 5. The number of anilines is 1. The number of aromatic nitrogens is 2. The third-order valence-electron chi connectivity index (χ3n) is 3.91. The van der Waals surface area contributed by atoms with E-state index < -0.39 is 5.91 Å². The van der Waals surface area contributed by atoms with E-state index in [1.807, 2.05) is 36.6 Å². The highest BCUT2D eigenvalue weighted by Gasteiger charge is 2.15. The van der Waals surface area contributed by atoms with E-state index in [0.717, 1.165) is 16.8 Å². The Bertz CT molecular complexity index is 1020. The highest BCUT2D eigenvalue weighted by Crippen LogP contribution is 2.27. The van der Waals surface area contributed by atoms with Gasteiger partial charge in [0.25, 0.3) is 5.91 Å². The fraction of sp³-hybridized carbons (Fsp3) is 0.158. The Morgan fingerprint density at radius 1 is 1.07 bits per heavy atom. The number of halogens is 2. The third kappa shape index (κ3) is 4.86. The SMILES string of the molecule is CC(=O)NC(C)c1ccc(-c2csc(NC(=O)c3ccc(Cl)nc3Cl)n2)cc1. The monoisotopic (exact) mass is 434 g/mol. The van der Waals surface area contributed by atoms with Gasteiger partial charge in [0.2, 0.25) is 5.91 Å². The summed E-state index contributed by atoms with van der Waals surface area (Å²) >= 11 is 13.0. The first-order chi connectivity index (χ1) is 13.3. The van der Waals surface area contributed by atoms with E-state index >= 15 is 0 Å². The molecule has 9 heteroatoms. The molecule has 6 nitrogen and oxygen atoms in total. The minimum absolute atomic E-state index is 0.0330. The second-order valence-electron chi connectivity index (χ2n) is 6.01. The number of benzene rings is 1. The number of pyridine rings is 1. The van der Waals surface area contributed by atoms with Crippen LogP contribution in [0.5, 0.6) is 0 Å². The second-order valence-corrected chi connectivity index (χ2v) is 7.61. The maximum Gasteiger partial charge on any atom is 0.260 e. The third-order valence-corrected chi connectivity index (χ3v) is 5.17. The predicted molar refractivity (Wildman–Crippen MR) is 112 cm³/mol. The molecule has 3 rings (SSSR count). The first-order valence-corrected chi connectivity index (χ1v) is 9.93. The molecule has 2 aromatic heterocycles. The molecule has 144 valence electrons. The molecule has 0 aliphatic rings. The summed E-state index contributed by atoms with van der Waals surface area (Å²) in [6.07, 6.45) is 0. The molecule has 2 amide bonds. The van der Waals surface area contributed by atoms with Crippen LogP contribution < -0.4 is 10.6 Å². The Labute approximate surface area is 175 Å². The fourth-order valence-electron chi connectivity index (χ4n) is 2.54. The zero-order valence-corrected chi connectivity index (χ0v) is 17.3. The molecule has 0 bridgehead atoms. The quantitative estimate of drug-likeness (QED) is 0.555. The zero-order valence-electron chi connectivity index (χ0n) is 15.0. The summed E-state index contributed by atoms with van der Waals surface area (Å²) in [4.78, 5) is 31.8. The molecule has 3 aromatic rings. The van der Waals surface area contributed by atoms with Crippen molar-refractivity contribution in [3.63, 3.8) is 0 Å². The lowest BCUT2D eigenvalue weighted by Crippen LogP contribution is -2.23. The van der Waals surface area contributed by atoms with Gasteiger partial charge in [-0.2, -0.15) is 0 Å². The summed E-state index contributed by atoms with van der Waals surface area (Å²) in [5, 5.41) is 8.10. The molecular weight excluding hydrogens is 419 g/mol. The van der Waals surface area contributed by atoms with Crippen LogP contribution in [0.4, 0.5) is 5.13 Å². The van der Waals surface area contributed by atoms with Crippen LogP contribution in [0, 0.1) is 0 Å². The van der Waals surface area contributed by atoms with E-state index in [2.05, 4.69) is 20.6 Å². The van der Waals surface area contributed by atoms with Crippen molar-refractivity contribution in [2.75, 3.05) is 5.32 Å². The Hall–Kier alpha value is -2.48. The van der Waals surface area contributed by atoms with E-state index in [-0.39, 0.29) is 27.8 Å². The van der Waals surface area contributed by atoms with Crippen molar-refractivity contribution in [3.8, 4) is 11.3 Å². The summed E-state index contributed by atoms with van der Waals surface area (Å²) in [6, 6.07) is 10.7.